The molecule has 104 valence electrons. The van der Waals surface area contributed by atoms with Gasteiger partial charge in [0.2, 0.25) is 0 Å². The lowest BCUT2D eigenvalue weighted by Gasteiger charge is -2.10. The van der Waals surface area contributed by atoms with E-state index in [1.54, 1.807) is 0 Å². The second-order valence-corrected chi connectivity index (χ2v) is 4.57. The van der Waals surface area contributed by atoms with E-state index in [1.807, 2.05) is 0 Å². The molecule has 6 heteroatoms. The van der Waals surface area contributed by atoms with Gasteiger partial charge in [0.25, 0.3) is 0 Å². The summed E-state index contributed by atoms with van der Waals surface area (Å²) in [6.07, 6.45) is -2.39. The van der Waals surface area contributed by atoms with Gasteiger partial charge in [-0.15, -0.1) is 13.2 Å². The molecule has 1 saturated carbocycles. The lowest BCUT2D eigenvalue weighted by molar-refractivity contribution is -0.274. The van der Waals surface area contributed by atoms with Gasteiger partial charge in [0.05, 0.1) is 6.54 Å². The van der Waals surface area contributed by atoms with Gasteiger partial charge in [0, 0.05) is 5.56 Å². The van der Waals surface area contributed by atoms with Gasteiger partial charge in [-0.3, -0.25) is 4.79 Å². The van der Waals surface area contributed by atoms with Crippen LogP contribution in [0.2, 0.25) is 0 Å². The number of Topliss-reactive ketones (excluding diaryl/α,β-unsaturated/α-hetero) is 1. The molecule has 1 aliphatic carbocycles. The number of ketones is 1. The van der Waals surface area contributed by atoms with Gasteiger partial charge in [-0.2, -0.15) is 0 Å². The van der Waals surface area contributed by atoms with Crippen LogP contribution >= 0.6 is 0 Å². The number of ether oxygens (including phenoxy) is 1. The summed E-state index contributed by atoms with van der Waals surface area (Å²) < 4.78 is 39.9. The Morgan fingerprint density at radius 1 is 1.37 bits per heavy atom. The third-order valence-corrected chi connectivity index (χ3v) is 2.81. The summed E-state index contributed by atoms with van der Waals surface area (Å²) in [5.41, 5.74) is 0.213. The van der Waals surface area contributed by atoms with Crippen LogP contribution in [0.1, 0.15) is 23.2 Å². The van der Waals surface area contributed by atoms with Crippen molar-refractivity contribution in [2.75, 3.05) is 13.1 Å². The molecule has 0 aliphatic heterocycles. The summed E-state index contributed by atoms with van der Waals surface area (Å²) in [6, 6.07) is 5.12. The SMILES string of the molecule is O=C(CNCC1CC1)c1cccc(OC(F)(F)F)c1. The summed E-state index contributed by atoms with van der Waals surface area (Å²) in [7, 11) is 0. The average molecular weight is 273 g/mol. The van der Waals surface area contributed by atoms with Crippen LogP contribution < -0.4 is 10.1 Å². The van der Waals surface area contributed by atoms with Crippen LogP contribution in [0.15, 0.2) is 24.3 Å². The quantitative estimate of drug-likeness (QED) is 0.810. The predicted octanol–water partition coefficient (Wildman–Crippen LogP) is 2.77. The normalized spacial score (nSPS) is 15.3. The Balaban J connectivity index is 1.90. The number of alkyl halides is 3. The van der Waals surface area contributed by atoms with E-state index in [2.05, 4.69) is 10.1 Å². The fourth-order valence-corrected chi connectivity index (χ4v) is 1.68. The molecule has 0 aromatic heterocycles. The molecule has 0 atom stereocenters. The van der Waals surface area contributed by atoms with Crippen molar-refractivity contribution in [1.82, 2.24) is 5.32 Å². The van der Waals surface area contributed by atoms with E-state index in [0.29, 0.717) is 5.92 Å². The van der Waals surface area contributed by atoms with Crippen molar-refractivity contribution in [3.8, 4) is 5.75 Å². The minimum absolute atomic E-state index is 0.131. The molecule has 0 heterocycles. The van der Waals surface area contributed by atoms with E-state index in [4.69, 9.17) is 0 Å². The number of rotatable bonds is 6. The van der Waals surface area contributed by atoms with Crippen molar-refractivity contribution in [2.45, 2.75) is 19.2 Å². The van der Waals surface area contributed by atoms with E-state index < -0.39 is 6.36 Å². The minimum Gasteiger partial charge on any atom is -0.406 e. The van der Waals surface area contributed by atoms with E-state index in [9.17, 15) is 18.0 Å². The molecule has 1 aromatic carbocycles. The Labute approximate surface area is 108 Å². The Bertz CT molecular complexity index is 455. The highest BCUT2D eigenvalue weighted by Gasteiger charge is 2.31. The predicted molar refractivity (Wildman–Crippen MR) is 63.0 cm³/mol. The largest absolute Gasteiger partial charge is 0.573 e. The summed E-state index contributed by atoms with van der Waals surface area (Å²) in [4.78, 5) is 11.8. The number of halogens is 3. The summed E-state index contributed by atoms with van der Waals surface area (Å²) >= 11 is 0. The molecule has 1 fully saturated rings. The molecule has 0 spiro atoms. The molecule has 0 bridgehead atoms. The molecule has 0 radical (unpaired) electrons. The maximum atomic E-state index is 12.1. The zero-order valence-corrected chi connectivity index (χ0v) is 10.2. The number of hydrogen-bond acceptors (Lipinski definition) is 3. The van der Waals surface area contributed by atoms with Crippen LogP contribution in [0.25, 0.3) is 0 Å². The van der Waals surface area contributed by atoms with Crippen LogP contribution in [0, 0.1) is 5.92 Å². The third-order valence-electron chi connectivity index (χ3n) is 2.81. The van der Waals surface area contributed by atoms with Crippen molar-refractivity contribution in [1.29, 1.82) is 0 Å². The van der Waals surface area contributed by atoms with Gasteiger partial charge >= 0.3 is 6.36 Å². The highest BCUT2D eigenvalue weighted by molar-refractivity contribution is 5.97. The Morgan fingerprint density at radius 2 is 2.11 bits per heavy atom. The van der Waals surface area contributed by atoms with Gasteiger partial charge in [-0.05, 0) is 37.4 Å². The van der Waals surface area contributed by atoms with Crippen LogP contribution in [0.4, 0.5) is 13.2 Å². The van der Waals surface area contributed by atoms with E-state index in [1.165, 1.54) is 31.0 Å². The smallest absolute Gasteiger partial charge is 0.406 e. The topological polar surface area (TPSA) is 38.3 Å². The molecule has 1 aromatic rings. The van der Waals surface area contributed by atoms with Crippen LogP contribution in [-0.2, 0) is 0 Å². The lowest BCUT2D eigenvalue weighted by Crippen LogP contribution is -2.25. The summed E-state index contributed by atoms with van der Waals surface area (Å²) in [5.74, 6) is 0.0292. The monoisotopic (exact) mass is 273 g/mol. The van der Waals surface area contributed by atoms with Crippen LogP contribution in [-0.4, -0.2) is 25.2 Å². The molecule has 2 rings (SSSR count). The van der Waals surface area contributed by atoms with E-state index >= 15 is 0 Å². The van der Waals surface area contributed by atoms with Gasteiger partial charge < -0.3 is 10.1 Å². The number of carbonyl (C=O) groups excluding carboxylic acids is 1. The fraction of sp³-hybridized carbons (Fsp3) is 0.462. The molecule has 3 nitrogen and oxygen atoms in total. The molecule has 1 N–H and O–H groups in total. The lowest BCUT2D eigenvalue weighted by atomic mass is 10.1. The average Bonchev–Trinajstić information content (AvgIpc) is 3.11. The van der Waals surface area contributed by atoms with Crippen LogP contribution in [0.3, 0.4) is 0 Å². The van der Waals surface area contributed by atoms with E-state index in [0.717, 1.165) is 12.6 Å². The van der Waals surface area contributed by atoms with Crippen molar-refractivity contribution < 1.29 is 22.7 Å². The Morgan fingerprint density at radius 3 is 2.74 bits per heavy atom. The number of hydrogen-bond donors (Lipinski definition) is 1. The molecule has 1 aliphatic rings. The Kier molecular flexibility index (Phi) is 4.09. The van der Waals surface area contributed by atoms with Crippen molar-refractivity contribution in [3.63, 3.8) is 0 Å². The first-order valence-electron chi connectivity index (χ1n) is 6.04. The van der Waals surface area contributed by atoms with Gasteiger partial charge in [-0.25, -0.2) is 0 Å². The second-order valence-electron chi connectivity index (χ2n) is 4.57. The molecular formula is C13H14F3NO2. The highest BCUT2D eigenvalue weighted by atomic mass is 19.4. The first-order chi connectivity index (χ1) is 8.94. The number of carbonyl (C=O) groups is 1. The molecule has 0 saturated heterocycles. The fourth-order valence-electron chi connectivity index (χ4n) is 1.68. The number of benzene rings is 1. The van der Waals surface area contributed by atoms with Gasteiger partial charge in [0.15, 0.2) is 5.78 Å². The standard InChI is InChI=1S/C13H14F3NO2/c14-13(15,16)19-11-3-1-2-10(6-11)12(18)8-17-7-9-4-5-9/h1-3,6,9,17H,4-5,7-8H2. The minimum atomic E-state index is -4.74. The molecule has 19 heavy (non-hydrogen) atoms. The van der Waals surface area contributed by atoms with E-state index in [-0.39, 0.29) is 23.6 Å². The van der Waals surface area contributed by atoms with Crippen molar-refractivity contribution in [2.24, 2.45) is 5.92 Å². The maximum absolute atomic E-state index is 12.1. The van der Waals surface area contributed by atoms with Gasteiger partial charge in [-0.1, -0.05) is 12.1 Å². The van der Waals surface area contributed by atoms with Crippen molar-refractivity contribution >= 4 is 5.78 Å². The summed E-state index contributed by atoms with van der Waals surface area (Å²) in [6.45, 7) is 0.913. The van der Waals surface area contributed by atoms with Crippen LogP contribution in [0.5, 0.6) is 5.75 Å². The summed E-state index contributed by atoms with van der Waals surface area (Å²) in [5, 5.41) is 3.00. The zero-order valence-electron chi connectivity index (χ0n) is 10.2. The highest BCUT2D eigenvalue weighted by Crippen LogP contribution is 2.27. The first kappa shape index (κ1) is 13.9. The molecule has 0 unspecified atom stereocenters. The molecule has 0 amide bonds. The number of nitrogens with one attached hydrogen (secondary N) is 1. The first-order valence-corrected chi connectivity index (χ1v) is 6.04. The Hall–Kier alpha value is -1.56. The van der Waals surface area contributed by atoms with Crippen molar-refractivity contribution in [3.05, 3.63) is 29.8 Å². The third kappa shape index (κ3) is 4.90. The second kappa shape index (κ2) is 5.61. The zero-order chi connectivity index (χ0) is 13.9. The molecular weight excluding hydrogens is 259 g/mol. The van der Waals surface area contributed by atoms with Gasteiger partial charge in [0.1, 0.15) is 5.75 Å². The maximum Gasteiger partial charge on any atom is 0.573 e.